The van der Waals surface area contributed by atoms with Crippen LogP contribution in [0.4, 0.5) is 17.6 Å². The Balaban J connectivity index is 1.33. The van der Waals surface area contributed by atoms with Gasteiger partial charge in [-0.1, -0.05) is 32.8 Å². The van der Waals surface area contributed by atoms with E-state index in [-0.39, 0.29) is 18.1 Å². The number of pyridine rings is 1. The topological polar surface area (TPSA) is 74.1 Å². The summed E-state index contributed by atoms with van der Waals surface area (Å²) in [6.07, 6.45) is 6.21. The number of halogens is 4. The number of benzene rings is 3. The van der Waals surface area contributed by atoms with Gasteiger partial charge >= 0.3 is 6.18 Å². The number of nitrogens with zero attached hydrogens (tertiary/aromatic N) is 5. The predicted octanol–water partition coefficient (Wildman–Crippen LogP) is 10.7. The molecule has 0 spiro atoms. The number of ether oxygens (including phenoxy) is 4. The lowest BCUT2D eigenvalue weighted by Crippen LogP contribution is -2.26. The van der Waals surface area contributed by atoms with Crippen LogP contribution in [0.3, 0.4) is 0 Å². The van der Waals surface area contributed by atoms with Crippen LogP contribution in [-0.2, 0) is 25.7 Å². The molecule has 0 N–H and O–H groups in total. The fourth-order valence-corrected chi connectivity index (χ4v) is 7.87. The summed E-state index contributed by atoms with van der Waals surface area (Å²) in [6, 6.07) is 15.4. The number of fused-ring (bicyclic) bond motifs is 1. The quantitative estimate of drug-likeness (QED) is 0.0719. The zero-order valence-electron chi connectivity index (χ0n) is 34.2. The summed E-state index contributed by atoms with van der Waals surface area (Å²) >= 11 is 0. The highest BCUT2D eigenvalue weighted by Gasteiger charge is 2.34. The van der Waals surface area contributed by atoms with Crippen LogP contribution >= 0.6 is 0 Å². The van der Waals surface area contributed by atoms with Crippen LogP contribution < -0.4 is 18.9 Å². The Morgan fingerprint density at radius 3 is 2.10 bits per heavy atom. The molecule has 5 aromatic rings. The average molecular weight is 818 g/mol. The molecule has 4 heterocycles. The van der Waals surface area contributed by atoms with Crippen molar-refractivity contribution in [3.63, 3.8) is 0 Å². The van der Waals surface area contributed by atoms with Crippen LogP contribution in [0.2, 0.25) is 0 Å². The molecule has 2 fully saturated rings. The van der Waals surface area contributed by atoms with Crippen LogP contribution in [0.1, 0.15) is 82.0 Å². The van der Waals surface area contributed by atoms with Crippen molar-refractivity contribution in [2.75, 3.05) is 52.5 Å². The van der Waals surface area contributed by atoms with E-state index in [2.05, 4.69) is 39.3 Å². The lowest BCUT2D eigenvalue weighted by molar-refractivity contribution is -0.140. The molecule has 3 aromatic carbocycles. The number of unbranched alkanes of at least 4 members (excludes halogenated alkanes) is 2. The minimum Gasteiger partial charge on any atom is -0.492 e. The molecule has 2 aromatic heterocycles. The van der Waals surface area contributed by atoms with E-state index in [1.165, 1.54) is 31.7 Å². The van der Waals surface area contributed by atoms with Crippen molar-refractivity contribution in [1.82, 2.24) is 24.3 Å². The maximum Gasteiger partial charge on any atom is 0.419 e. The summed E-state index contributed by atoms with van der Waals surface area (Å²) in [6.45, 7) is 12.2. The molecule has 316 valence electrons. The number of imidazole rings is 1. The van der Waals surface area contributed by atoms with Gasteiger partial charge in [-0.25, -0.2) is 9.37 Å². The summed E-state index contributed by atoms with van der Waals surface area (Å²) in [5.74, 6) is 1.28. The van der Waals surface area contributed by atoms with Crippen LogP contribution in [0.25, 0.3) is 22.4 Å². The van der Waals surface area contributed by atoms with Gasteiger partial charge in [0, 0.05) is 43.5 Å². The summed E-state index contributed by atoms with van der Waals surface area (Å²) in [4.78, 5) is 14.7. The van der Waals surface area contributed by atoms with Crippen molar-refractivity contribution < 1.29 is 36.5 Å². The predicted molar refractivity (Wildman–Crippen MR) is 221 cm³/mol. The van der Waals surface area contributed by atoms with E-state index >= 15 is 0 Å². The van der Waals surface area contributed by atoms with Crippen LogP contribution in [0.15, 0.2) is 66.9 Å². The normalized spacial score (nSPS) is 15.0. The second-order valence-corrected chi connectivity index (χ2v) is 15.4. The van der Waals surface area contributed by atoms with E-state index in [1.807, 2.05) is 18.2 Å². The van der Waals surface area contributed by atoms with E-state index in [9.17, 15) is 17.6 Å². The minimum absolute atomic E-state index is 0.113. The first-order chi connectivity index (χ1) is 28.7. The third-order valence-electron chi connectivity index (χ3n) is 11.1. The van der Waals surface area contributed by atoms with Crippen molar-refractivity contribution >= 4 is 11.0 Å². The first-order valence-electron chi connectivity index (χ1n) is 21.2. The average Bonchev–Trinajstić information content (AvgIpc) is 4.02. The van der Waals surface area contributed by atoms with Gasteiger partial charge in [-0.05, 0) is 114 Å². The van der Waals surface area contributed by atoms with Gasteiger partial charge in [-0.15, -0.1) is 0 Å². The van der Waals surface area contributed by atoms with E-state index < -0.39 is 17.6 Å². The molecule has 2 aliphatic rings. The van der Waals surface area contributed by atoms with Crippen molar-refractivity contribution in [3.05, 3.63) is 89.5 Å². The highest BCUT2D eigenvalue weighted by Crippen LogP contribution is 2.43. The van der Waals surface area contributed by atoms with Crippen molar-refractivity contribution in [2.45, 2.75) is 91.0 Å². The van der Waals surface area contributed by atoms with Crippen LogP contribution in [0, 0.1) is 5.82 Å². The molecule has 2 aliphatic heterocycles. The molecule has 59 heavy (non-hydrogen) atoms. The number of hydrogen-bond donors (Lipinski definition) is 0. The summed E-state index contributed by atoms with van der Waals surface area (Å²) in [7, 11) is 0. The minimum atomic E-state index is -4.88. The molecule has 0 radical (unpaired) electrons. The Bertz CT molecular complexity index is 2130. The largest absolute Gasteiger partial charge is 0.492 e. The van der Waals surface area contributed by atoms with Gasteiger partial charge in [0.15, 0.2) is 5.75 Å². The lowest BCUT2D eigenvalue weighted by Gasteiger charge is -2.21. The highest BCUT2D eigenvalue weighted by atomic mass is 19.4. The molecule has 0 unspecified atom stereocenters. The van der Waals surface area contributed by atoms with E-state index in [0.717, 1.165) is 106 Å². The van der Waals surface area contributed by atoms with Gasteiger partial charge in [0.25, 0.3) is 0 Å². The molecule has 13 heteroatoms. The SMILES string of the molecule is CCCCc1c(OCCN2CCCC2)cc2c(nc(-c3ccc(Oc4ccc(F)c(C(F)(F)F)c4)cc3OCc3ccccn3)n2CCCC)c1OCCN1CCCC1. The maximum absolute atomic E-state index is 14.2. The van der Waals surface area contributed by atoms with Crippen molar-refractivity contribution in [1.29, 1.82) is 0 Å². The number of aryl methyl sites for hydroxylation is 1. The zero-order valence-corrected chi connectivity index (χ0v) is 34.2. The second kappa shape index (κ2) is 19.9. The molecule has 0 aliphatic carbocycles. The van der Waals surface area contributed by atoms with Gasteiger partial charge in [0.05, 0.1) is 22.3 Å². The first-order valence-corrected chi connectivity index (χ1v) is 21.2. The van der Waals surface area contributed by atoms with Gasteiger partial charge in [0.1, 0.15) is 60.0 Å². The molecule has 2 saturated heterocycles. The van der Waals surface area contributed by atoms with Crippen molar-refractivity contribution in [2.24, 2.45) is 0 Å². The van der Waals surface area contributed by atoms with Crippen molar-refractivity contribution in [3.8, 4) is 40.1 Å². The Labute approximate surface area is 344 Å². The standard InChI is InChI=1S/C46H55F4N5O4/c1-3-5-14-36-42(56-27-25-53-20-9-10-21-53)31-40-43(44(36)57-28-26-54-22-11-12-23-54)52-45(55(40)24-6-4-2)37-17-15-35(30-41(37)58-32-33-13-7-8-19-51-33)59-34-16-18-39(47)38(29-34)46(48,49)50/h7-8,13,15-19,29-31H,3-6,9-12,14,20-28,32H2,1-2H3. The third-order valence-corrected chi connectivity index (χ3v) is 11.1. The third kappa shape index (κ3) is 10.7. The molecule has 7 rings (SSSR count). The molecular formula is C46H55F4N5O4. The van der Waals surface area contributed by atoms with E-state index in [1.54, 1.807) is 24.4 Å². The van der Waals surface area contributed by atoms with Gasteiger partial charge < -0.3 is 23.5 Å². The number of likely N-dealkylation sites (tertiary alicyclic amines) is 2. The van der Waals surface area contributed by atoms with Gasteiger partial charge in [0.2, 0.25) is 0 Å². The smallest absolute Gasteiger partial charge is 0.419 e. The monoisotopic (exact) mass is 817 g/mol. The molecular weight excluding hydrogens is 763 g/mol. The Morgan fingerprint density at radius 1 is 0.729 bits per heavy atom. The highest BCUT2D eigenvalue weighted by molar-refractivity contribution is 5.90. The molecule has 0 atom stereocenters. The molecule has 9 nitrogen and oxygen atoms in total. The second-order valence-electron chi connectivity index (χ2n) is 15.4. The Kier molecular flexibility index (Phi) is 14.3. The molecule has 0 amide bonds. The molecule has 0 saturated carbocycles. The summed E-state index contributed by atoms with van der Waals surface area (Å²) in [5, 5.41) is 0. The summed E-state index contributed by atoms with van der Waals surface area (Å²) in [5.41, 5.74) is 2.61. The first kappa shape index (κ1) is 42.3. The molecule has 0 bridgehead atoms. The Hall–Kier alpha value is -4.88. The fraction of sp³-hybridized carbons (Fsp3) is 0.478. The van der Waals surface area contributed by atoms with E-state index in [4.69, 9.17) is 23.9 Å². The summed E-state index contributed by atoms with van der Waals surface area (Å²) < 4.78 is 83.1. The number of rotatable bonds is 20. The fourth-order valence-electron chi connectivity index (χ4n) is 7.87. The van der Waals surface area contributed by atoms with Gasteiger partial charge in [-0.3, -0.25) is 14.8 Å². The van der Waals surface area contributed by atoms with Gasteiger partial charge in [-0.2, -0.15) is 13.2 Å². The maximum atomic E-state index is 14.2. The van der Waals surface area contributed by atoms with Crippen LogP contribution in [-0.4, -0.2) is 76.8 Å². The van der Waals surface area contributed by atoms with Crippen LogP contribution in [0.5, 0.6) is 28.7 Å². The lowest BCUT2D eigenvalue weighted by atomic mass is 10.0. The number of aromatic nitrogens is 3. The number of alkyl halides is 3. The zero-order chi connectivity index (χ0) is 41.2. The van der Waals surface area contributed by atoms with E-state index in [0.29, 0.717) is 48.7 Å². The number of hydrogen-bond acceptors (Lipinski definition) is 8. The Morgan fingerprint density at radius 2 is 1.42 bits per heavy atom.